The van der Waals surface area contributed by atoms with Gasteiger partial charge in [-0.3, -0.25) is 14.4 Å². The van der Waals surface area contributed by atoms with Crippen LogP contribution in [0, 0.1) is 0 Å². The lowest BCUT2D eigenvalue weighted by atomic mass is 10.1. The molecule has 0 spiro atoms. The zero-order valence-electron chi connectivity index (χ0n) is 31.6. The lowest BCUT2D eigenvalue weighted by molar-refractivity contribution is -0.138. The Morgan fingerprint density at radius 3 is 0.729 bits per heavy atom. The number of rotatable bonds is 32. The maximum absolute atomic E-state index is 10.2. The number of aliphatic hydroxyl groups excluding tert-OH is 1. The van der Waals surface area contributed by atoms with Crippen LogP contribution in [0.3, 0.4) is 0 Å². The maximum Gasteiger partial charge on any atom is 0.303 e. The molecule has 1 unspecified atom stereocenters. The molecule has 0 saturated heterocycles. The van der Waals surface area contributed by atoms with Crippen LogP contribution in [0.2, 0.25) is 0 Å². The van der Waals surface area contributed by atoms with Crippen molar-refractivity contribution in [1.29, 1.82) is 0 Å². The number of unbranched alkanes of at least 4 members (excludes halogenated alkanes) is 24. The monoisotopic (exact) mass is 725 g/mol. The molecule has 0 rings (SSSR count). The normalized spacial score (nSPS) is 10.9. The second-order valence-electron chi connectivity index (χ2n) is 12.9. The molecule has 0 radical (unpaired) electrons. The molecule has 0 heterocycles. The summed E-state index contributed by atoms with van der Waals surface area (Å²) in [6.07, 6.45) is 34.4. The van der Waals surface area contributed by atoms with Gasteiger partial charge < -0.3 is 20.4 Å². The van der Waals surface area contributed by atoms with Crippen molar-refractivity contribution in [3.63, 3.8) is 0 Å². The topological polar surface area (TPSA) is 132 Å². The average Bonchev–Trinajstić information content (AvgIpc) is 3.06. The van der Waals surface area contributed by atoms with Crippen LogP contribution < -0.4 is 0 Å². The summed E-state index contributed by atoms with van der Waals surface area (Å²) in [6.45, 7) is 6.80. The van der Waals surface area contributed by atoms with Crippen LogP contribution in [0.5, 0.6) is 0 Å². The minimum atomic E-state index is -0.659. The molecular formula is C39H80O7S2. The Morgan fingerprint density at radius 2 is 0.604 bits per heavy atom. The molecule has 0 aromatic carbocycles. The Morgan fingerprint density at radius 1 is 0.417 bits per heavy atom. The van der Waals surface area contributed by atoms with E-state index in [9.17, 15) is 14.4 Å². The third-order valence-corrected chi connectivity index (χ3v) is 8.98. The van der Waals surface area contributed by atoms with E-state index in [1.54, 1.807) is 0 Å². The number of hydrogen-bond acceptors (Lipinski definition) is 6. The first kappa shape index (κ1) is 53.9. The molecule has 9 heteroatoms. The first-order chi connectivity index (χ1) is 23.1. The molecule has 0 aliphatic heterocycles. The smallest absolute Gasteiger partial charge is 0.303 e. The first-order valence-electron chi connectivity index (χ1n) is 19.7. The number of carboxylic acids is 3. The second kappa shape index (κ2) is 50.4. The minimum absolute atomic E-state index is 0.0494. The van der Waals surface area contributed by atoms with Gasteiger partial charge in [0.2, 0.25) is 0 Å². The van der Waals surface area contributed by atoms with Gasteiger partial charge in [-0.25, -0.2) is 0 Å². The van der Waals surface area contributed by atoms with E-state index in [4.69, 9.17) is 20.4 Å². The van der Waals surface area contributed by atoms with E-state index in [1.807, 2.05) is 0 Å². The number of hydrogen-bond donors (Lipinski definition) is 6. The van der Waals surface area contributed by atoms with Crippen molar-refractivity contribution in [3.05, 3.63) is 0 Å². The van der Waals surface area contributed by atoms with Gasteiger partial charge in [0.1, 0.15) is 0 Å². The third kappa shape index (κ3) is 67.3. The zero-order valence-corrected chi connectivity index (χ0v) is 33.4. The van der Waals surface area contributed by atoms with Crippen molar-refractivity contribution in [3.8, 4) is 0 Å². The number of aliphatic carboxylic acids is 3. The Hall–Kier alpha value is -0.930. The fourth-order valence-corrected chi connectivity index (χ4v) is 4.93. The highest BCUT2D eigenvalue weighted by Crippen LogP contribution is 2.12. The maximum atomic E-state index is 10.2. The highest BCUT2D eigenvalue weighted by molar-refractivity contribution is 7.84. The summed E-state index contributed by atoms with van der Waals surface area (Å²) in [5.74, 6) is -1.34. The lowest BCUT2D eigenvalue weighted by Gasteiger charge is -2.00. The van der Waals surface area contributed by atoms with Gasteiger partial charge in [-0.2, -0.15) is 25.3 Å². The van der Waals surface area contributed by atoms with Gasteiger partial charge in [-0.15, -0.1) is 0 Å². The Kier molecular flexibility index (Phi) is 56.6. The standard InChI is InChI=1S/3C12H24O2.C3H8OS2/c3*1-2-3-4-5-6-7-8-9-10-11-12(13)14;4-1-3(6)2-5/h3*2-11H2,1H3,(H,13,14);3-6H,1-2H2. The first-order valence-corrected chi connectivity index (χ1v) is 20.8. The fraction of sp³-hybridized carbons (Fsp3) is 0.923. The summed E-state index contributed by atoms with van der Waals surface area (Å²) in [5, 5.41) is 33.5. The molecule has 0 aliphatic rings. The molecule has 4 N–H and O–H groups in total. The summed E-state index contributed by atoms with van der Waals surface area (Å²) >= 11 is 7.76. The lowest BCUT2D eigenvalue weighted by Crippen LogP contribution is -2.04. The summed E-state index contributed by atoms with van der Waals surface area (Å²) in [5.41, 5.74) is 0. The van der Waals surface area contributed by atoms with Crippen LogP contribution >= 0.6 is 25.3 Å². The van der Waals surface area contributed by atoms with Crippen molar-refractivity contribution < 1.29 is 34.8 Å². The molecule has 0 aliphatic carbocycles. The largest absolute Gasteiger partial charge is 0.481 e. The van der Waals surface area contributed by atoms with Crippen LogP contribution in [0.15, 0.2) is 0 Å². The molecule has 0 saturated carbocycles. The van der Waals surface area contributed by atoms with Gasteiger partial charge >= 0.3 is 17.9 Å². The van der Waals surface area contributed by atoms with Crippen LogP contribution in [0.1, 0.15) is 213 Å². The molecule has 0 aromatic heterocycles. The highest BCUT2D eigenvalue weighted by atomic mass is 32.1. The van der Waals surface area contributed by atoms with E-state index in [1.165, 1.54) is 135 Å². The quantitative estimate of drug-likeness (QED) is 0.0300. The molecule has 48 heavy (non-hydrogen) atoms. The van der Waals surface area contributed by atoms with E-state index >= 15 is 0 Å². The van der Waals surface area contributed by atoms with E-state index in [0.29, 0.717) is 25.0 Å². The summed E-state index contributed by atoms with van der Waals surface area (Å²) < 4.78 is 0. The van der Waals surface area contributed by atoms with Crippen LogP contribution in [0.25, 0.3) is 0 Å². The summed E-state index contributed by atoms with van der Waals surface area (Å²) in [7, 11) is 0. The molecular weight excluding hydrogens is 645 g/mol. The van der Waals surface area contributed by atoms with Gasteiger partial charge in [0.25, 0.3) is 0 Å². The van der Waals surface area contributed by atoms with E-state index in [-0.39, 0.29) is 11.9 Å². The Balaban J connectivity index is -0.000000279. The zero-order chi connectivity index (χ0) is 36.9. The van der Waals surface area contributed by atoms with Gasteiger partial charge in [0.05, 0.1) is 6.61 Å². The highest BCUT2D eigenvalue weighted by Gasteiger charge is 1.98. The van der Waals surface area contributed by atoms with Crippen LogP contribution in [0.4, 0.5) is 0 Å². The molecule has 0 amide bonds. The average molecular weight is 725 g/mol. The van der Waals surface area contributed by atoms with Crippen molar-refractivity contribution in [2.45, 2.75) is 219 Å². The van der Waals surface area contributed by atoms with Crippen molar-refractivity contribution in [2.75, 3.05) is 12.4 Å². The Bertz CT molecular complexity index is 555. The van der Waals surface area contributed by atoms with E-state index in [0.717, 1.165) is 38.5 Å². The van der Waals surface area contributed by atoms with Gasteiger partial charge in [-0.05, 0) is 19.3 Å². The van der Waals surface area contributed by atoms with E-state index < -0.39 is 17.9 Å². The number of aliphatic hydroxyl groups is 1. The number of carboxylic acid groups (broad SMARTS) is 3. The van der Waals surface area contributed by atoms with Gasteiger partial charge in [-0.1, -0.05) is 175 Å². The summed E-state index contributed by atoms with van der Waals surface area (Å²) in [4.78, 5) is 30.6. The molecule has 7 nitrogen and oxygen atoms in total. The predicted molar refractivity (Wildman–Crippen MR) is 212 cm³/mol. The van der Waals surface area contributed by atoms with Gasteiger partial charge in [0, 0.05) is 30.3 Å². The van der Waals surface area contributed by atoms with Crippen LogP contribution in [-0.2, 0) is 14.4 Å². The SMILES string of the molecule is CCCCCCCCCCCC(=O)O.CCCCCCCCCCCC(=O)O.CCCCCCCCCCCC(=O)O.OCC(S)CS. The van der Waals surface area contributed by atoms with Crippen molar-refractivity contribution in [2.24, 2.45) is 0 Å². The molecule has 1 atom stereocenters. The second-order valence-corrected chi connectivity index (χ2v) is 14.0. The van der Waals surface area contributed by atoms with E-state index in [2.05, 4.69) is 46.0 Å². The third-order valence-electron chi connectivity index (χ3n) is 7.90. The fourth-order valence-electron chi connectivity index (χ4n) is 4.82. The van der Waals surface area contributed by atoms with Gasteiger partial charge in [0.15, 0.2) is 0 Å². The van der Waals surface area contributed by atoms with Crippen molar-refractivity contribution >= 4 is 43.2 Å². The van der Waals surface area contributed by atoms with Crippen molar-refractivity contribution in [1.82, 2.24) is 0 Å². The Labute approximate surface area is 308 Å². The number of carbonyl (C=O) groups is 3. The number of thiol groups is 2. The molecule has 0 aromatic rings. The predicted octanol–water partition coefficient (Wildman–Crippen LogP) is 12.2. The molecule has 0 fully saturated rings. The van der Waals surface area contributed by atoms with Crippen LogP contribution in [-0.4, -0.2) is 55.9 Å². The summed E-state index contributed by atoms with van der Waals surface area (Å²) in [6, 6.07) is 0. The molecule has 0 bridgehead atoms. The minimum Gasteiger partial charge on any atom is -0.481 e. The molecule has 290 valence electrons.